The standard InChI is InChI=1S/C48H80O5/c1-15-38-29(4)27(2)31(6)42(51-38)53-41-30(5)28(3)33(8)50-43(41)52-39-18-19-45(12)26-46(13)24-35(40(45)32(39)7)16-17-36-37-25-44(10,11)20-22-48(37,34(9)49)23-21-47(36,46)14/h17,27-33,35,37-43H,15-16,18-26H2,1-14H3/t27-,28-,29+,30-,31?,32?,33?,35-,37?,38?,39-,40+,41?,42-,43-,45?,46-,47+,48+/m0/s1. The van der Waals surface area contributed by atoms with Crippen LogP contribution in [-0.4, -0.2) is 42.8 Å². The van der Waals surface area contributed by atoms with E-state index in [9.17, 15) is 4.79 Å². The highest BCUT2D eigenvalue weighted by Crippen LogP contribution is 2.73. The van der Waals surface area contributed by atoms with Gasteiger partial charge in [0, 0.05) is 11.3 Å². The second kappa shape index (κ2) is 14.0. The van der Waals surface area contributed by atoms with E-state index >= 15 is 0 Å². The number of rotatable bonds is 6. The minimum Gasteiger partial charge on any atom is -0.349 e. The van der Waals surface area contributed by atoms with Crippen molar-refractivity contribution in [3.63, 3.8) is 0 Å². The molecule has 2 bridgehead atoms. The van der Waals surface area contributed by atoms with Crippen LogP contribution in [0.2, 0.25) is 0 Å². The molecule has 7 unspecified atom stereocenters. The molecule has 6 fully saturated rings. The molecule has 5 nitrogen and oxygen atoms in total. The fourth-order valence-electron chi connectivity index (χ4n) is 14.8. The summed E-state index contributed by atoms with van der Waals surface area (Å²) in [6, 6.07) is 0. The van der Waals surface area contributed by atoms with E-state index in [1.165, 1.54) is 25.7 Å². The summed E-state index contributed by atoms with van der Waals surface area (Å²) in [6.45, 7) is 33.5. The maximum atomic E-state index is 13.6. The molecule has 0 radical (unpaired) electrons. The van der Waals surface area contributed by atoms with Crippen LogP contribution in [0.15, 0.2) is 11.6 Å². The van der Waals surface area contributed by atoms with Crippen LogP contribution in [0.4, 0.5) is 0 Å². The van der Waals surface area contributed by atoms with E-state index < -0.39 is 0 Å². The third-order valence-corrected chi connectivity index (χ3v) is 19.1. The van der Waals surface area contributed by atoms with Gasteiger partial charge in [-0.2, -0.15) is 0 Å². The molecule has 302 valence electrons. The van der Waals surface area contributed by atoms with E-state index in [1.807, 2.05) is 6.92 Å². The summed E-state index contributed by atoms with van der Waals surface area (Å²) in [7, 11) is 0. The van der Waals surface area contributed by atoms with Gasteiger partial charge in [0.05, 0.1) is 18.3 Å². The minimum absolute atomic E-state index is 0.117. The maximum absolute atomic E-state index is 13.6. The molecule has 2 heterocycles. The molecular formula is C48H80O5. The Morgan fingerprint density at radius 3 is 2.15 bits per heavy atom. The molecule has 0 spiro atoms. The summed E-state index contributed by atoms with van der Waals surface area (Å²) < 4.78 is 27.9. The van der Waals surface area contributed by atoms with E-state index in [2.05, 4.69) is 96.1 Å². The van der Waals surface area contributed by atoms with Crippen molar-refractivity contribution >= 4 is 5.78 Å². The topological polar surface area (TPSA) is 54.0 Å². The van der Waals surface area contributed by atoms with Crippen molar-refractivity contribution < 1.29 is 23.7 Å². The number of ether oxygens (including phenoxy) is 4. The van der Waals surface area contributed by atoms with Gasteiger partial charge in [0.1, 0.15) is 11.9 Å². The Labute approximate surface area is 325 Å². The van der Waals surface area contributed by atoms with Gasteiger partial charge in [-0.1, -0.05) is 94.7 Å². The number of carbonyl (C=O) groups is 1. The first kappa shape index (κ1) is 40.4. The summed E-state index contributed by atoms with van der Waals surface area (Å²) in [5.74, 6) is 4.56. The molecule has 5 aliphatic carbocycles. The lowest BCUT2D eigenvalue weighted by atomic mass is 9.39. The van der Waals surface area contributed by atoms with Crippen LogP contribution >= 0.6 is 0 Å². The fraction of sp³-hybridized carbons (Fsp3) is 0.938. The first-order valence-corrected chi connectivity index (χ1v) is 22.5. The van der Waals surface area contributed by atoms with Gasteiger partial charge in [0.15, 0.2) is 12.6 Å². The quantitative estimate of drug-likeness (QED) is 0.201. The number of hydrogen-bond donors (Lipinski definition) is 0. The van der Waals surface area contributed by atoms with Crippen LogP contribution in [0.5, 0.6) is 0 Å². The molecule has 5 heteroatoms. The van der Waals surface area contributed by atoms with Gasteiger partial charge in [-0.25, -0.2) is 0 Å². The van der Waals surface area contributed by atoms with Gasteiger partial charge in [0.25, 0.3) is 0 Å². The third kappa shape index (κ3) is 6.41. The summed E-state index contributed by atoms with van der Waals surface area (Å²) in [5, 5.41) is 0. The predicted molar refractivity (Wildman–Crippen MR) is 214 cm³/mol. The molecule has 2 aliphatic heterocycles. The minimum atomic E-state index is -0.389. The lowest BCUT2D eigenvalue weighted by Crippen LogP contribution is -2.60. The normalized spacial score (nSPS) is 55.1. The highest BCUT2D eigenvalue weighted by atomic mass is 16.7. The molecule has 0 aromatic heterocycles. The zero-order chi connectivity index (χ0) is 38.6. The zero-order valence-corrected chi connectivity index (χ0v) is 36.6. The van der Waals surface area contributed by atoms with E-state index in [1.54, 1.807) is 5.57 Å². The molecule has 0 N–H and O–H groups in total. The number of hydrogen-bond acceptors (Lipinski definition) is 5. The molecule has 7 aliphatic rings. The van der Waals surface area contributed by atoms with Crippen molar-refractivity contribution in [2.24, 2.45) is 80.3 Å². The lowest BCUT2D eigenvalue weighted by Gasteiger charge is -2.65. The Morgan fingerprint density at radius 1 is 0.774 bits per heavy atom. The molecule has 0 amide bonds. The molecular weight excluding hydrogens is 657 g/mol. The molecule has 4 saturated carbocycles. The summed E-state index contributed by atoms with van der Waals surface area (Å²) in [6.07, 6.45) is 15.1. The van der Waals surface area contributed by atoms with Crippen LogP contribution in [-0.2, 0) is 23.7 Å². The SMILES string of the molecule is CCC1O[C@@H](OC2[C@H](O[C@H]3CCC4(C)C[C@]5(C)C[C@H](CC=C6C7CC(C)(C)CC[C@]7(C(C)=O)CC[C@]65C)[C@H]4C3C)OC(C)[C@@H](C)[C@@H]2C)C(C)[C@@H](C)[C@H]1C. The molecule has 2 saturated heterocycles. The second-order valence-electron chi connectivity index (χ2n) is 22.4. The highest BCUT2D eigenvalue weighted by Gasteiger charge is 2.66. The number of ketones is 1. The van der Waals surface area contributed by atoms with E-state index in [4.69, 9.17) is 18.9 Å². The monoisotopic (exact) mass is 737 g/mol. The fourth-order valence-corrected chi connectivity index (χ4v) is 14.8. The first-order chi connectivity index (χ1) is 24.7. The molecule has 53 heavy (non-hydrogen) atoms. The maximum Gasteiger partial charge on any atom is 0.184 e. The van der Waals surface area contributed by atoms with Gasteiger partial charge in [0.2, 0.25) is 0 Å². The van der Waals surface area contributed by atoms with Crippen LogP contribution in [0.25, 0.3) is 0 Å². The molecule has 19 atom stereocenters. The Balaban J connectivity index is 1.15. The van der Waals surface area contributed by atoms with E-state index in [0.717, 1.165) is 44.9 Å². The number of allylic oxidation sites excluding steroid dienone is 2. The van der Waals surface area contributed by atoms with Crippen molar-refractivity contribution in [2.45, 2.75) is 205 Å². The van der Waals surface area contributed by atoms with Gasteiger partial charge >= 0.3 is 0 Å². The van der Waals surface area contributed by atoms with E-state index in [-0.39, 0.29) is 64.1 Å². The Bertz CT molecular complexity index is 1400. The zero-order valence-electron chi connectivity index (χ0n) is 36.6. The second-order valence-corrected chi connectivity index (χ2v) is 22.4. The molecule has 0 aromatic carbocycles. The Morgan fingerprint density at radius 2 is 1.47 bits per heavy atom. The first-order valence-electron chi connectivity index (χ1n) is 22.5. The van der Waals surface area contributed by atoms with Crippen molar-refractivity contribution in [2.75, 3.05) is 0 Å². The predicted octanol–water partition coefficient (Wildman–Crippen LogP) is 11.8. The third-order valence-electron chi connectivity index (χ3n) is 19.1. The Hall–Kier alpha value is -0.750. The van der Waals surface area contributed by atoms with Gasteiger partial charge in [-0.3, -0.25) is 4.79 Å². The number of fused-ring (bicyclic) bond motifs is 8. The summed E-state index contributed by atoms with van der Waals surface area (Å²) >= 11 is 0. The summed E-state index contributed by atoms with van der Waals surface area (Å²) in [5.41, 5.74) is 2.47. The van der Waals surface area contributed by atoms with E-state index in [0.29, 0.717) is 59.0 Å². The highest BCUT2D eigenvalue weighted by molar-refractivity contribution is 5.83. The van der Waals surface area contributed by atoms with Crippen molar-refractivity contribution in [1.29, 1.82) is 0 Å². The molecule has 7 rings (SSSR count). The average Bonchev–Trinajstić information content (AvgIpc) is 3.17. The number of Topliss-reactive ketones (excluding diaryl/α,β-unsaturated/α-hetero) is 1. The average molecular weight is 737 g/mol. The number of carbonyl (C=O) groups excluding carboxylic acids is 1. The largest absolute Gasteiger partial charge is 0.349 e. The van der Waals surface area contributed by atoms with Crippen molar-refractivity contribution in [1.82, 2.24) is 0 Å². The Kier molecular flexibility index (Phi) is 10.7. The summed E-state index contributed by atoms with van der Waals surface area (Å²) in [4.78, 5) is 13.6. The van der Waals surface area contributed by atoms with Crippen LogP contribution in [0.1, 0.15) is 168 Å². The van der Waals surface area contributed by atoms with Gasteiger partial charge < -0.3 is 18.9 Å². The van der Waals surface area contributed by atoms with Crippen LogP contribution < -0.4 is 0 Å². The van der Waals surface area contributed by atoms with Crippen molar-refractivity contribution in [3.8, 4) is 0 Å². The molecule has 0 aromatic rings. The van der Waals surface area contributed by atoms with Gasteiger partial charge in [-0.15, -0.1) is 0 Å². The van der Waals surface area contributed by atoms with Gasteiger partial charge in [-0.05, 0) is 153 Å². The lowest BCUT2D eigenvalue weighted by molar-refractivity contribution is -0.347. The smallest absolute Gasteiger partial charge is 0.184 e. The van der Waals surface area contributed by atoms with Crippen LogP contribution in [0.3, 0.4) is 0 Å². The van der Waals surface area contributed by atoms with Crippen molar-refractivity contribution in [3.05, 3.63) is 11.6 Å². The van der Waals surface area contributed by atoms with Crippen LogP contribution in [0, 0.1) is 80.3 Å².